The van der Waals surface area contributed by atoms with E-state index >= 15 is 0 Å². The molecule has 1 heterocycles. The zero-order valence-electron chi connectivity index (χ0n) is 14.4. The van der Waals surface area contributed by atoms with Gasteiger partial charge in [-0.05, 0) is 52.2 Å². The third kappa shape index (κ3) is 8.71. The number of unbranched alkanes of at least 4 members (excludes halogenated alkanes) is 3. The lowest BCUT2D eigenvalue weighted by atomic mass is 10.1. The van der Waals surface area contributed by atoms with Gasteiger partial charge in [0, 0.05) is 24.3 Å². The summed E-state index contributed by atoms with van der Waals surface area (Å²) in [5.41, 5.74) is 1.34. The molecule has 1 rings (SSSR count). The van der Waals surface area contributed by atoms with Crippen LogP contribution in [0.4, 0.5) is 0 Å². The van der Waals surface area contributed by atoms with Crippen molar-refractivity contribution >= 4 is 0 Å². The number of pyridine rings is 1. The summed E-state index contributed by atoms with van der Waals surface area (Å²) in [6.45, 7) is 11.7. The molecule has 1 aromatic heterocycles. The molecule has 0 aliphatic heterocycles. The van der Waals surface area contributed by atoms with Crippen LogP contribution in [0.1, 0.15) is 72.3 Å². The number of ether oxygens (including phenoxy) is 1. The maximum absolute atomic E-state index is 5.93. The van der Waals surface area contributed by atoms with Crippen molar-refractivity contribution in [1.29, 1.82) is 0 Å². The highest BCUT2D eigenvalue weighted by molar-refractivity contribution is 5.20. The standard InChI is InChI=1S/C18H32N2O/c1-6-7-8-9-10-15(2)21-17-13-16(11-12-19-17)14-20-18(3,4)5/h11-13,15,20H,6-10,14H2,1-5H3. The minimum absolute atomic E-state index is 0.122. The molecule has 1 unspecified atom stereocenters. The Morgan fingerprint density at radius 1 is 1.24 bits per heavy atom. The molecule has 0 fully saturated rings. The quantitative estimate of drug-likeness (QED) is 0.669. The summed E-state index contributed by atoms with van der Waals surface area (Å²) in [4.78, 5) is 4.32. The van der Waals surface area contributed by atoms with Crippen LogP contribution in [0.3, 0.4) is 0 Å². The van der Waals surface area contributed by atoms with Crippen LogP contribution in [-0.4, -0.2) is 16.6 Å². The van der Waals surface area contributed by atoms with E-state index in [4.69, 9.17) is 4.74 Å². The van der Waals surface area contributed by atoms with E-state index in [-0.39, 0.29) is 11.6 Å². The average molecular weight is 292 g/mol. The molecule has 0 saturated heterocycles. The zero-order valence-corrected chi connectivity index (χ0v) is 14.4. The number of hydrogen-bond acceptors (Lipinski definition) is 3. The number of hydrogen-bond donors (Lipinski definition) is 1. The van der Waals surface area contributed by atoms with Gasteiger partial charge < -0.3 is 10.1 Å². The lowest BCUT2D eigenvalue weighted by Crippen LogP contribution is -2.35. The summed E-state index contributed by atoms with van der Waals surface area (Å²) in [6, 6.07) is 4.08. The Labute approximate surface area is 130 Å². The Balaban J connectivity index is 2.41. The van der Waals surface area contributed by atoms with Crippen molar-refractivity contribution in [1.82, 2.24) is 10.3 Å². The Kier molecular flexibility index (Phi) is 7.73. The zero-order chi connectivity index (χ0) is 15.7. The number of rotatable bonds is 9. The molecule has 3 nitrogen and oxygen atoms in total. The first-order chi connectivity index (χ1) is 9.90. The summed E-state index contributed by atoms with van der Waals surface area (Å²) in [5, 5.41) is 3.48. The minimum atomic E-state index is 0.122. The maximum atomic E-state index is 5.93. The molecule has 0 radical (unpaired) electrons. The third-order valence-corrected chi connectivity index (χ3v) is 3.41. The Bertz CT molecular complexity index is 398. The summed E-state index contributed by atoms with van der Waals surface area (Å²) in [7, 11) is 0. The first-order valence-corrected chi connectivity index (χ1v) is 8.27. The van der Waals surface area contributed by atoms with Gasteiger partial charge in [-0.15, -0.1) is 0 Å². The smallest absolute Gasteiger partial charge is 0.213 e. The van der Waals surface area contributed by atoms with Crippen molar-refractivity contribution in [2.45, 2.75) is 84.9 Å². The SMILES string of the molecule is CCCCCCC(C)Oc1cc(CNC(C)(C)C)ccn1. The monoisotopic (exact) mass is 292 g/mol. The van der Waals surface area contributed by atoms with Crippen molar-refractivity contribution in [3.05, 3.63) is 23.9 Å². The Morgan fingerprint density at radius 2 is 2.00 bits per heavy atom. The molecule has 0 aliphatic carbocycles. The third-order valence-electron chi connectivity index (χ3n) is 3.41. The molecule has 21 heavy (non-hydrogen) atoms. The molecule has 120 valence electrons. The van der Waals surface area contributed by atoms with Gasteiger partial charge in [-0.1, -0.05) is 26.2 Å². The minimum Gasteiger partial charge on any atom is -0.475 e. The number of nitrogens with one attached hydrogen (secondary N) is 1. The van der Waals surface area contributed by atoms with E-state index in [2.05, 4.69) is 44.9 Å². The molecule has 0 aliphatic rings. The fraction of sp³-hybridized carbons (Fsp3) is 0.722. The fourth-order valence-corrected chi connectivity index (χ4v) is 2.12. The van der Waals surface area contributed by atoms with Crippen molar-refractivity contribution < 1.29 is 4.74 Å². The fourth-order valence-electron chi connectivity index (χ4n) is 2.12. The number of aromatic nitrogens is 1. The van der Waals surface area contributed by atoms with Gasteiger partial charge in [0.15, 0.2) is 0 Å². The molecule has 0 bridgehead atoms. The normalized spacial score (nSPS) is 13.2. The predicted octanol–water partition coefficient (Wildman–Crippen LogP) is 4.71. The van der Waals surface area contributed by atoms with E-state index in [1.807, 2.05) is 18.3 Å². The van der Waals surface area contributed by atoms with Crippen LogP contribution in [0, 0.1) is 0 Å². The van der Waals surface area contributed by atoms with Crippen LogP contribution in [0.25, 0.3) is 0 Å². The Morgan fingerprint density at radius 3 is 2.67 bits per heavy atom. The van der Waals surface area contributed by atoms with Gasteiger partial charge >= 0.3 is 0 Å². The van der Waals surface area contributed by atoms with Crippen LogP contribution in [-0.2, 0) is 6.54 Å². The van der Waals surface area contributed by atoms with Gasteiger partial charge in [-0.25, -0.2) is 4.98 Å². The van der Waals surface area contributed by atoms with E-state index in [1.54, 1.807) is 0 Å². The van der Waals surface area contributed by atoms with Gasteiger partial charge in [0.1, 0.15) is 0 Å². The second-order valence-corrected chi connectivity index (χ2v) is 6.88. The summed E-state index contributed by atoms with van der Waals surface area (Å²) >= 11 is 0. The molecule has 0 spiro atoms. The summed E-state index contributed by atoms with van der Waals surface area (Å²) in [6.07, 6.45) is 8.30. The molecular weight excluding hydrogens is 260 g/mol. The predicted molar refractivity (Wildman–Crippen MR) is 89.7 cm³/mol. The van der Waals surface area contributed by atoms with Gasteiger partial charge in [0.25, 0.3) is 0 Å². The summed E-state index contributed by atoms with van der Waals surface area (Å²) in [5.74, 6) is 0.742. The lowest BCUT2D eigenvalue weighted by molar-refractivity contribution is 0.198. The molecule has 1 aromatic rings. The molecule has 0 amide bonds. The van der Waals surface area contributed by atoms with E-state index in [0.717, 1.165) is 18.8 Å². The topological polar surface area (TPSA) is 34.1 Å². The van der Waals surface area contributed by atoms with Gasteiger partial charge in [-0.3, -0.25) is 0 Å². The van der Waals surface area contributed by atoms with E-state index in [1.165, 1.54) is 31.2 Å². The first-order valence-electron chi connectivity index (χ1n) is 8.27. The average Bonchev–Trinajstić information content (AvgIpc) is 2.41. The van der Waals surface area contributed by atoms with Crippen LogP contribution in [0.15, 0.2) is 18.3 Å². The van der Waals surface area contributed by atoms with Crippen molar-refractivity contribution in [3.8, 4) is 5.88 Å². The first kappa shape index (κ1) is 18.0. The highest BCUT2D eigenvalue weighted by Crippen LogP contribution is 2.15. The maximum Gasteiger partial charge on any atom is 0.213 e. The van der Waals surface area contributed by atoms with E-state index in [9.17, 15) is 0 Å². The van der Waals surface area contributed by atoms with Crippen molar-refractivity contribution in [2.24, 2.45) is 0 Å². The van der Waals surface area contributed by atoms with Crippen LogP contribution in [0.2, 0.25) is 0 Å². The molecule has 0 aromatic carbocycles. The van der Waals surface area contributed by atoms with Crippen LogP contribution >= 0.6 is 0 Å². The highest BCUT2D eigenvalue weighted by atomic mass is 16.5. The second kappa shape index (κ2) is 9.04. The van der Waals surface area contributed by atoms with Gasteiger partial charge in [0.2, 0.25) is 5.88 Å². The van der Waals surface area contributed by atoms with Crippen LogP contribution in [0.5, 0.6) is 5.88 Å². The highest BCUT2D eigenvalue weighted by Gasteiger charge is 2.10. The molecule has 0 saturated carbocycles. The second-order valence-electron chi connectivity index (χ2n) is 6.88. The number of nitrogens with zero attached hydrogens (tertiary/aromatic N) is 1. The Hall–Kier alpha value is -1.09. The van der Waals surface area contributed by atoms with Crippen LogP contribution < -0.4 is 10.1 Å². The molecular formula is C18H32N2O. The molecule has 1 atom stereocenters. The largest absolute Gasteiger partial charge is 0.475 e. The van der Waals surface area contributed by atoms with Crippen molar-refractivity contribution in [2.75, 3.05) is 0 Å². The van der Waals surface area contributed by atoms with E-state index in [0.29, 0.717) is 0 Å². The summed E-state index contributed by atoms with van der Waals surface area (Å²) < 4.78 is 5.93. The molecule has 3 heteroatoms. The van der Waals surface area contributed by atoms with E-state index < -0.39 is 0 Å². The lowest BCUT2D eigenvalue weighted by Gasteiger charge is -2.21. The van der Waals surface area contributed by atoms with Crippen molar-refractivity contribution in [3.63, 3.8) is 0 Å². The molecule has 1 N–H and O–H groups in total. The van der Waals surface area contributed by atoms with Gasteiger partial charge in [-0.2, -0.15) is 0 Å². The van der Waals surface area contributed by atoms with Gasteiger partial charge in [0.05, 0.1) is 6.10 Å².